The number of carbonyl (C=O) groups excluding carboxylic acids is 1. The van der Waals surface area contributed by atoms with Crippen molar-refractivity contribution in [3.05, 3.63) is 89.0 Å². The minimum atomic E-state index is -4.44. The number of nitrogens with one attached hydrogen (secondary N) is 2. The lowest BCUT2D eigenvalue weighted by atomic mass is 9.97. The Morgan fingerprint density at radius 2 is 1.76 bits per heavy atom. The molecule has 3 aromatic rings. The SMILES string of the molecule is O=C(Nc1ccc2c(c1)CCNC2)c1ccccc1-c1cccc(C(F)(F)F)c1. The van der Waals surface area contributed by atoms with Crippen LogP contribution in [0.25, 0.3) is 11.1 Å². The van der Waals surface area contributed by atoms with E-state index in [2.05, 4.69) is 10.6 Å². The van der Waals surface area contributed by atoms with E-state index in [9.17, 15) is 18.0 Å². The molecule has 0 saturated heterocycles. The Hall–Kier alpha value is -3.12. The molecule has 3 nitrogen and oxygen atoms in total. The van der Waals surface area contributed by atoms with Crippen LogP contribution in [0.3, 0.4) is 0 Å². The molecule has 29 heavy (non-hydrogen) atoms. The summed E-state index contributed by atoms with van der Waals surface area (Å²) in [7, 11) is 0. The molecule has 0 aromatic heterocycles. The van der Waals surface area contributed by atoms with Gasteiger partial charge in [-0.05, 0) is 65.6 Å². The van der Waals surface area contributed by atoms with Crippen LogP contribution >= 0.6 is 0 Å². The van der Waals surface area contributed by atoms with Crippen molar-refractivity contribution in [1.29, 1.82) is 0 Å². The van der Waals surface area contributed by atoms with Crippen LogP contribution in [0.4, 0.5) is 18.9 Å². The van der Waals surface area contributed by atoms with Gasteiger partial charge in [-0.2, -0.15) is 13.2 Å². The molecule has 2 N–H and O–H groups in total. The van der Waals surface area contributed by atoms with E-state index >= 15 is 0 Å². The molecule has 0 radical (unpaired) electrons. The summed E-state index contributed by atoms with van der Waals surface area (Å²) in [5, 5.41) is 6.18. The highest BCUT2D eigenvalue weighted by atomic mass is 19.4. The Bertz CT molecular complexity index is 1060. The minimum Gasteiger partial charge on any atom is -0.322 e. The van der Waals surface area contributed by atoms with E-state index in [1.807, 2.05) is 18.2 Å². The number of halogens is 3. The van der Waals surface area contributed by atoms with Gasteiger partial charge in [-0.3, -0.25) is 4.79 Å². The first-order valence-electron chi connectivity index (χ1n) is 9.32. The standard InChI is InChI=1S/C23H19F3N2O/c24-23(25,26)18-5-3-4-16(12-18)20-6-1-2-7-21(20)22(29)28-19-9-8-17-14-27-11-10-15(17)13-19/h1-9,12-13,27H,10-11,14H2,(H,28,29). The Labute approximate surface area is 166 Å². The maximum absolute atomic E-state index is 13.1. The third-order valence-corrected chi connectivity index (χ3v) is 5.02. The molecule has 4 rings (SSSR count). The lowest BCUT2D eigenvalue weighted by Crippen LogP contribution is -2.23. The van der Waals surface area contributed by atoms with Crippen molar-refractivity contribution in [3.63, 3.8) is 0 Å². The molecule has 1 heterocycles. The molecule has 1 aliphatic rings. The Kier molecular flexibility index (Phi) is 5.11. The quantitative estimate of drug-likeness (QED) is 0.633. The molecule has 0 aliphatic carbocycles. The predicted octanol–water partition coefficient (Wildman–Crippen LogP) is 5.27. The van der Waals surface area contributed by atoms with Crippen molar-refractivity contribution in [2.75, 3.05) is 11.9 Å². The van der Waals surface area contributed by atoms with Crippen LogP contribution in [0.1, 0.15) is 27.0 Å². The van der Waals surface area contributed by atoms with Gasteiger partial charge < -0.3 is 10.6 Å². The van der Waals surface area contributed by atoms with Crippen LogP contribution in [-0.2, 0) is 19.1 Å². The van der Waals surface area contributed by atoms with Gasteiger partial charge in [0.1, 0.15) is 0 Å². The number of hydrogen-bond acceptors (Lipinski definition) is 2. The van der Waals surface area contributed by atoms with E-state index in [0.717, 1.165) is 31.6 Å². The van der Waals surface area contributed by atoms with Gasteiger partial charge in [-0.25, -0.2) is 0 Å². The fraction of sp³-hybridized carbons (Fsp3) is 0.174. The zero-order chi connectivity index (χ0) is 20.4. The summed E-state index contributed by atoms with van der Waals surface area (Å²) in [6.07, 6.45) is -3.55. The van der Waals surface area contributed by atoms with Gasteiger partial charge in [0.25, 0.3) is 5.91 Å². The van der Waals surface area contributed by atoms with Gasteiger partial charge in [-0.1, -0.05) is 36.4 Å². The lowest BCUT2D eigenvalue weighted by molar-refractivity contribution is -0.137. The molecule has 0 unspecified atom stereocenters. The van der Waals surface area contributed by atoms with Gasteiger partial charge in [0.15, 0.2) is 0 Å². The first-order valence-corrected chi connectivity index (χ1v) is 9.32. The Morgan fingerprint density at radius 1 is 0.931 bits per heavy atom. The van der Waals surface area contributed by atoms with Gasteiger partial charge in [0.2, 0.25) is 0 Å². The Balaban J connectivity index is 1.64. The van der Waals surface area contributed by atoms with Crippen LogP contribution in [0, 0.1) is 0 Å². The molecule has 6 heteroatoms. The number of alkyl halides is 3. The van der Waals surface area contributed by atoms with Crippen molar-refractivity contribution < 1.29 is 18.0 Å². The van der Waals surface area contributed by atoms with Crippen molar-refractivity contribution >= 4 is 11.6 Å². The third kappa shape index (κ3) is 4.17. The summed E-state index contributed by atoms with van der Waals surface area (Å²) in [5.74, 6) is -0.355. The molecule has 1 amide bonds. The summed E-state index contributed by atoms with van der Waals surface area (Å²) in [4.78, 5) is 12.9. The Morgan fingerprint density at radius 3 is 2.59 bits per heavy atom. The zero-order valence-electron chi connectivity index (χ0n) is 15.5. The van der Waals surface area contributed by atoms with E-state index in [1.54, 1.807) is 30.3 Å². The van der Waals surface area contributed by atoms with E-state index < -0.39 is 11.7 Å². The molecular weight excluding hydrogens is 377 g/mol. The molecule has 0 atom stereocenters. The number of rotatable bonds is 3. The van der Waals surface area contributed by atoms with E-state index in [1.165, 1.54) is 17.2 Å². The largest absolute Gasteiger partial charge is 0.416 e. The van der Waals surface area contributed by atoms with Crippen LogP contribution in [0.2, 0.25) is 0 Å². The number of fused-ring (bicyclic) bond motifs is 1. The molecule has 1 aliphatic heterocycles. The number of benzene rings is 3. The highest BCUT2D eigenvalue weighted by Crippen LogP contribution is 2.33. The van der Waals surface area contributed by atoms with Crippen LogP contribution in [0.15, 0.2) is 66.7 Å². The average molecular weight is 396 g/mol. The predicted molar refractivity (Wildman–Crippen MR) is 107 cm³/mol. The molecule has 148 valence electrons. The van der Waals surface area contributed by atoms with Crippen molar-refractivity contribution in [1.82, 2.24) is 5.32 Å². The van der Waals surface area contributed by atoms with Crippen LogP contribution in [0.5, 0.6) is 0 Å². The first-order chi connectivity index (χ1) is 13.9. The second-order valence-corrected chi connectivity index (χ2v) is 6.99. The second-order valence-electron chi connectivity index (χ2n) is 6.99. The number of carbonyl (C=O) groups is 1. The molecule has 0 bridgehead atoms. The smallest absolute Gasteiger partial charge is 0.322 e. The lowest BCUT2D eigenvalue weighted by Gasteiger charge is -2.18. The van der Waals surface area contributed by atoms with E-state index in [4.69, 9.17) is 0 Å². The van der Waals surface area contributed by atoms with Crippen LogP contribution < -0.4 is 10.6 Å². The van der Waals surface area contributed by atoms with Gasteiger partial charge >= 0.3 is 6.18 Å². The fourth-order valence-electron chi connectivity index (χ4n) is 3.55. The summed E-state index contributed by atoms with van der Waals surface area (Å²) >= 11 is 0. The number of hydrogen-bond donors (Lipinski definition) is 2. The average Bonchev–Trinajstić information content (AvgIpc) is 2.73. The summed E-state index contributed by atoms with van der Waals surface area (Å²) in [6, 6.07) is 17.5. The van der Waals surface area contributed by atoms with Gasteiger partial charge in [-0.15, -0.1) is 0 Å². The summed E-state index contributed by atoms with van der Waals surface area (Å²) in [6.45, 7) is 1.70. The van der Waals surface area contributed by atoms with E-state index in [0.29, 0.717) is 22.4 Å². The topological polar surface area (TPSA) is 41.1 Å². The van der Waals surface area contributed by atoms with E-state index in [-0.39, 0.29) is 5.91 Å². The maximum atomic E-state index is 13.1. The maximum Gasteiger partial charge on any atom is 0.416 e. The second kappa shape index (κ2) is 7.72. The molecule has 0 spiro atoms. The molecular formula is C23H19F3N2O. The van der Waals surface area contributed by atoms with Gasteiger partial charge in [0.05, 0.1) is 5.56 Å². The summed E-state index contributed by atoms with van der Waals surface area (Å²) < 4.78 is 39.3. The van der Waals surface area contributed by atoms with Crippen molar-refractivity contribution in [2.24, 2.45) is 0 Å². The third-order valence-electron chi connectivity index (χ3n) is 5.02. The monoisotopic (exact) mass is 396 g/mol. The van der Waals surface area contributed by atoms with Crippen molar-refractivity contribution in [3.8, 4) is 11.1 Å². The fourth-order valence-corrected chi connectivity index (χ4v) is 3.55. The van der Waals surface area contributed by atoms with Gasteiger partial charge in [0, 0.05) is 17.8 Å². The molecule has 3 aromatic carbocycles. The highest BCUT2D eigenvalue weighted by Gasteiger charge is 2.30. The number of anilines is 1. The normalized spacial score (nSPS) is 13.6. The van der Waals surface area contributed by atoms with Crippen molar-refractivity contribution in [2.45, 2.75) is 19.1 Å². The van der Waals surface area contributed by atoms with Crippen LogP contribution in [-0.4, -0.2) is 12.5 Å². The molecule has 0 saturated carbocycles. The highest BCUT2D eigenvalue weighted by molar-refractivity contribution is 6.08. The summed E-state index contributed by atoms with van der Waals surface area (Å²) in [5.41, 5.74) is 3.46. The number of amides is 1. The molecule has 0 fully saturated rings. The first kappa shape index (κ1) is 19.2. The zero-order valence-corrected chi connectivity index (χ0v) is 15.5. The minimum absolute atomic E-state index is 0.325.